The van der Waals surface area contributed by atoms with Gasteiger partial charge in [-0.05, 0) is 0 Å². The van der Waals surface area contributed by atoms with Crippen LogP contribution in [-0.4, -0.2) is 21.9 Å². The maximum absolute atomic E-state index is 12.3. The molecule has 0 aliphatic carbocycles. The largest absolute Gasteiger partial charge is 0.390 e. The van der Waals surface area contributed by atoms with Crippen LogP contribution >= 0.6 is 46.4 Å². The van der Waals surface area contributed by atoms with Gasteiger partial charge in [0.05, 0.1) is 0 Å². The third kappa shape index (κ3) is 4.25. The zero-order valence-electron chi connectivity index (χ0n) is 5.59. The molecule has 0 fully saturated rings. The number of hydrogen-bond acceptors (Lipinski definition) is 1. The Balaban J connectivity index is 4.42. The quantitative estimate of drug-likeness (QED) is 0.563. The second-order valence-corrected chi connectivity index (χ2v) is 4.02. The molecule has 0 aliphatic rings. The van der Waals surface area contributed by atoms with Crippen molar-refractivity contribution >= 4 is 46.4 Å². The van der Waals surface area contributed by atoms with Crippen molar-refractivity contribution in [3.8, 4) is 0 Å². The Morgan fingerprint density at radius 1 is 0.769 bits per heavy atom. The monoisotopic (exact) mass is 282 g/mol. The highest BCUT2D eigenvalue weighted by molar-refractivity contribution is 6.45. The molecule has 0 saturated heterocycles. The summed E-state index contributed by atoms with van der Waals surface area (Å²) in [6, 6.07) is 0. The van der Waals surface area contributed by atoms with Crippen LogP contribution in [0.3, 0.4) is 0 Å². The molecule has 80 valence electrons. The van der Waals surface area contributed by atoms with Crippen molar-refractivity contribution in [3.05, 3.63) is 0 Å². The average molecular weight is 284 g/mol. The maximum atomic E-state index is 12.3. The number of rotatable bonds is 4. The summed E-state index contributed by atoms with van der Waals surface area (Å²) >= 11 is 18.6. The summed E-state index contributed by atoms with van der Waals surface area (Å²) in [5, 5.41) is 0. The predicted molar refractivity (Wildman–Crippen MR) is 42.0 cm³/mol. The van der Waals surface area contributed by atoms with Gasteiger partial charge in [0, 0.05) is 0 Å². The maximum Gasteiger partial charge on any atom is 0.390 e. The van der Waals surface area contributed by atoms with E-state index in [4.69, 9.17) is 0 Å². The first-order valence-corrected chi connectivity index (χ1v) is 4.36. The van der Waals surface area contributed by atoms with E-state index in [1.807, 2.05) is 0 Å². The van der Waals surface area contributed by atoms with Crippen molar-refractivity contribution < 1.29 is 22.3 Å². The minimum absolute atomic E-state index is 2.44. The fourth-order valence-corrected chi connectivity index (χ4v) is 0.449. The number of ether oxygens (including phenoxy) is 1. The second kappa shape index (κ2) is 4.57. The molecule has 0 atom stereocenters. The Labute approximate surface area is 90.8 Å². The molecule has 0 aliphatic heterocycles. The molecule has 0 aromatic heterocycles. The van der Waals surface area contributed by atoms with Gasteiger partial charge in [0.15, 0.2) is 9.67 Å². The average Bonchev–Trinajstić information content (AvgIpc) is 1.83. The van der Waals surface area contributed by atoms with E-state index in [1.165, 1.54) is 0 Å². The standard InChI is InChI=1S/C4H2Cl4F4O/c5-1(6)3(9,10)13-4(11,12)2(7)8/h1-2H. The van der Waals surface area contributed by atoms with Crippen molar-refractivity contribution in [1.29, 1.82) is 0 Å². The summed E-state index contributed by atoms with van der Waals surface area (Å²) in [6.07, 6.45) is -8.84. The fourth-order valence-electron chi connectivity index (χ4n) is 0.271. The summed E-state index contributed by atoms with van der Waals surface area (Å²) in [4.78, 5) is -4.88. The van der Waals surface area contributed by atoms with E-state index in [0.717, 1.165) is 0 Å². The molecule has 0 aromatic carbocycles. The lowest BCUT2D eigenvalue weighted by Crippen LogP contribution is -2.41. The molecule has 1 nitrogen and oxygen atoms in total. The zero-order valence-corrected chi connectivity index (χ0v) is 8.61. The summed E-state index contributed by atoms with van der Waals surface area (Å²) in [6.45, 7) is 0. The molecule has 0 rings (SSSR count). The third-order valence-corrected chi connectivity index (χ3v) is 1.80. The van der Waals surface area contributed by atoms with Crippen LogP contribution in [0.15, 0.2) is 0 Å². The van der Waals surface area contributed by atoms with Crippen molar-refractivity contribution in [2.75, 3.05) is 0 Å². The topological polar surface area (TPSA) is 9.23 Å². The lowest BCUT2D eigenvalue weighted by atomic mass is 10.6. The Kier molecular flexibility index (Phi) is 4.87. The molecule has 0 radical (unpaired) electrons. The molecule has 0 unspecified atom stereocenters. The lowest BCUT2D eigenvalue weighted by molar-refractivity contribution is -0.363. The molecule has 13 heavy (non-hydrogen) atoms. The summed E-state index contributed by atoms with van der Waals surface area (Å²) in [5.41, 5.74) is 0. The van der Waals surface area contributed by atoms with Gasteiger partial charge in [-0.3, -0.25) is 4.74 Å². The van der Waals surface area contributed by atoms with E-state index < -0.39 is 21.9 Å². The molecule has 0 heterocycles. The molecule has 9 heteroatoms. The SMILES string of the molecule is FC(F)(OC(F)(F)C(Cl)Cl)C(Cl)Cl. The molecular formula is C4H2Cl4F4O. The third-order valence-electron chi connectivity index (χ3n) is 0.780. The van der Waals surface area contributed by atoms with E-state index >= 15 is 0 Å². The van der Waals surface area contributed by atoms with Gasteiger partial charge < -0.3 is 0 Å². The summed E-state index contributed by atoms with van der Waals surface area (Å²) < 4.78 is 52.2. The smallest absolute Gasteiger partial charge is 0.251 e. The van der Waals surface area contributed by atoms with Crippen LogP contribution in [-0.2, 0) is 4.74 Å². The van der Waals surface area contributed by atoms with Gasteiger partial charge in [0.2, 0.25) is 0 Å². The highest BCUT2D eigenvalue weighted by Crippen LogP contribution is 2.38. The number of hydrogen-bond donors (Lipinski definition) is 0. The van der Waals surface area contributed by atoms with Gasteiger partial charge in [-0.25, -0.2) is 0 Å². The lowest BCUT2D eigenvalue weighted by Gasteiger charge is -2.24. The van der Waals surface area contributed by atoms with Gasteiger partial charge in [0.1, 0.15) is 0 Å². The van der Waals surface area contributed by atoms with Crippen molar-refractivity contribution in [3.63, 3.8) is 0 Å². The molecule has 0 saturated carbocycles. The van der Waals surface area contributed by atoms with Crippen molar-refractivity contribution in [1.82, 2.24) is 0 Å². The predicted octanol–water partition coefficient (Wildman–Crippen LogP) is 3.80. The molecular weight excluding hydrogens is 282 g/mol. The van der Waals surface area contributed by atoms with Gasteiger partial charge in [-0.2, -0.15) is 17.6 Å². The van der Waals surface area contributed by atoms with Crippen LogP contribution < -0.4 is 0 Å². The highest BCUT2D eigenvalue weighted by Gasteiger charge is 2.52. The first kappa shape index (κ1) is 13.8. The van der Waals surface area contributed by atoms with Crippen LogP contribution in [0.1, 0.15) is 0 Å². The van der Waals surface area contributed by atoms with Crippen LogP contribution in [0.5, 0.6) is 0 Å². The molecule has 0 aromatic rings. The van der Waals surface area contributed by atoms with E-state index in [0.29, 0.717) is 0 Å². The Morgan fingerprint density at radius 3 is 1.15 bits per heavy atom. The second-order valence-electron chi connectivity index (χ2n) is 1.83. The van der Waals surface area contributed by atoms with Crippen LogP contribution in [0, 0.1) is 0 Å². The van der Waals surface area contributed by atoms with Crippen molar-refractivity contribution in [2.24, 2.45) is 0 Å². The number of halogens is 8. The van der Waals surface area contributed by atoms with Crippen molar-refractivity contribution in [2.45, 2.75) is 21.9 Å². The highest BCUT2D eigenvalue weighted by atomic mass is 35.5. The Hall–Kier alpha value is 0.840. The van der Waals surface area contributed by atoms with Crippen LogP contribution in [0.4, 0.5) is 17.6 Å². The zero-order chi connectivity index (χ0) is 10.9. The normalized spacial score (nSPS) is 14.3. The van der Waals surface area contributed by atoms with Gasteiger partial charge in [-0.15, -0.1) is 0 Å². The van der Waals surface area contributed by atoms with Gasteiger partial charge in [-0.1, -0.05) is 46.4 Å². The molecule has 0 amide bonds. The van der Waals surface area contributed by atoms with Crippen LogP contribution in [0.25, 0.3) is 0 Å². The summed E-state index contributed by atoms with van der Waals surface area (Å²) in [7, 11) is 0. The molecule has 0 bridgehead atoms. The first-order chi connectivity index (χ1) is 5.59. The first-order valence-electron chi connectivity index (χ1n) is 2.61. The summed E-state index contributed by atoms with van der Waals surface area (Å²) in [5.74, 6) is 0. The Bertz CT molecular complexity index is 156. The van der Waals surface area contributed by atoms with E-state index in [-0.39, 0.29) is 0 Å². The van der Waals surface area contributed by atoms with E-state index in [1.54, 1.807) is 0 Å². The fraction of sp³-hybridized carbons (Fsp3) is 1.00. The minimum Gasteiger partial charge on any atom is -0.251 e. The molecule has 0 N–H and O–H groups in total. The van der Waals surface area contributed by atoms with Gasteiger partial charge >= 0.3 is 12.2 Å². The minimum atomic E-state index is -4.42. The number of alkyl halides is 8. The van der Waals surface area contributed by atoms with E-state index in [2.05, 4.69) is 51.1 Å². The van der Waals surface area contributed by atoms with Gasteiger partial charge in [0.25, 0.3) is 0 Å². The molecule has 0 spiro atoms. The van der Waals surface area contributed by atoms with E-state index in [9.17, 15) is 17.6 Å². The van der Waals surface area contributed by atoms with Crippen LogP contribution in [0.2, 0.25) is 0 Å². The Morgan fingerprint density at radius 2 is 1.00 bits per heavy atom.